The van der Waals surface area contributed by atoms with Crippen molar-refractivity contribution in [2.45, 2.75) is 110 Å². The number of ketones is 1. The summed E-state index contributed by atoms with van der Waals surface area (Å²) in [6.07, 6.45) is 12.1. The Bertz CT molecular complexity index is 328. The van der Waals surface area contributed by atoms with Gasteiger partial charge in [0.15, 0.2) is 0 Å². The van der Waals surface area contributed by atoms with Crippen LogP contribution in [0, 0.1) is 5.92 Å². The smallest absolute Gasteiger partial charge is 0.303 e. The topological polar surface area (TPSA) is 74.6 Å². The number of carbonyl (C=O) groups is 2. The number of aliphatic hydroxyl groups excluding tert-OH is 1. The van der Waals surface area contributed by atoms with Crippen LogP contribution < -0.4 is 0 Å². The molecule has 0 bridgehead atoms. The number of aliphatic hydroxyl groups is 1. The van der Waals surface area contributed by atoms with E-state index in [1.54, 1.807) is 0 Å². The maximum absolute atomic E-state index is 12.1. The molecule has 2 N–H and O–H groups in total. The molecule has 142 valence electrons. The summed E-state index contributed by atoms with van der Waals surface area (Å²) < 4.78 is 0. The Morgan fingerprint density at radius 2 is 1.38 bits per heavy atom. The van der Waals surface area contributed by atoms with Crippen LogP contribution in [-0.2, 0) is 9.59 Å². The first-order chi connectivity index (χ1) is 11.5. The number of aliphatic carboxylic acids is 1. The summed E-state index contributed by atoms with van der Waals surface area (Å²) in [7, 11) is 0. The van der Waals surface area contributed by atoms with E-state index in [4.69, 9.17) is 5.11 Å². The Balaban J connectivity index is 3.89. The summed E-state index contributed by atoms with van der Waals surface area (Å²) in [5, 5.41) is 18.6. The van der Waals surface area contributed by atoms with Crippen LogP contribution in [0.5, 0.6) is 0 Å². The molecule has 0 aliphatic heterocycles. The van der Waals surface area contributed by atoms with Gasteiger partial charge in [-0.3, -0.25) is 9.59 Å². The Morgan fingerprint density at radius 1 is 0.792 bits per heavy atom. The van der Waals surface area contributed by atoms with Crippen molar-refractivity contribution >= 4 is 11.8 Å². The quantitative estimate of drug-likeness (QED) is 0.360. The number of rotatable bonds is 17. The third-order valence-corrected chi connectivity index (χ3v) is 4.73. The van der Waals surface area contributed by atoms with Gasteiger partial charge in [0.2, 0.25) is 0 Å². The van der Waals surface area contributed by atoms with Gasteiger partial charge >= 0.3 is 5.97 Å². The molecule has 0 heterocycles. The molecule has 2 atom stereocenters. The molecule has 0 aliphatic rings. The number of carboxylic acid groups (broad SMARTS) is 1. The molecule has 0 saturated carbocycles. The second kappa shape index (κ2) is 15.6. The van der Waals surface area contributed by atoms with E-state index >= 15 is 0 Å². The first kappa shape index (κ1) is 23.1. The predicted octanol–water partition coefficient (Wildman–Crippen LogP) is 5.12. The fraction of sp³-hybridized carbons (Fsp3) is 0.900. The second-order valence-corrected chi connectivity index (χ2v) is 6.94. The van der Waals surface area contributed by atoms with Crippen LogP contribution in [0.4, 0.5) is 0 Å². The number of hydrogen-bond donors (Lipinski definition) is 2. The van der Waals surface area contributed by atoms with Crippen LogP contribution in [0.1, 0.15) is 104 Å². The molecule has 0 aromatic carbocycles. The van der Waals surface area contributed by atoms with Crippen molar-refractivity contribution < 1.29 is 19.8 Å². The summed E-state index contributed by atoms with van der Waals surface area (Å²) in [6, 6.07) is 0. The molecule has 0 aliphatic carbocycles. The highest BCUT2D eigenvalue weighted by atomic mass is 16.4. The summed E-state index contributed by atoms with van der Waals surface area (Å²) in [5.41, 5.74) is 0. The second-order valence-electron chi connectivity index (χ2n) is 6.94. The van der Waals surface area contributed by atoms with Gasteiger partial charge in [-0.15, -0.1) is 0 Å². The third kappa shape index (κ3) is 13.5. The van der Waals surface area contributed by atoms with Crippen LogP contribution in [-0.4, -0.2) is 28.1 Å². The monoisotopic (exact) mass is 342 g/mol. The van der Waals surface area contributed by atoms with Crippen molar-refractivity contribution in [1.29, 1.82) is 0 Å². The molecule has 4 nitrogen and oxygen atoms in total. The van der Waals surface area contributed by atoms with Crippen molar-refractivity contribution in [2.75, 3.05) is 0 Å². The van der Waals surface area contributed by atoms with Crippen LogP contribution in [0.2, 0.25) is 0 Å². The van der Waals surface area contributed by atoms with Gasteiger partial charge in [0, 0.05) is 18.8 Å². The lowest BCUT2D eigenvalue weighted by atomic mass is 9.89. The Morgan fingerprint density at radius 3 is 2.00 bits per heavy atom. The predicted molar refractivity (Wildman–Crippen MR) is 98.1 cm³/mol. The Kier molecular flexibility index (Phi) is 15.0. The molecule has 24 heavy (non-hydrogen) atoms. The lowest BCUT2D eigenvalue weighted by molar-refractivity contribution is -0.137. The number of unbranched alkanes of at least 4 members (excludes halogenated alkanes) is 5. The van der Waals surface area contributed by atoms with Crippen LogP contribution >= 0.6 is 0 Å². The summed E-state index contributed by atoms with van der Waals surface area (Å²) in [6.45, 7) is 4.08. The zero-order chi connectivity index (χ0) is 18.2. The minimum absolute atomic E-state index is 0.123. The summed E-state index contributed by atoms with van der Waals surface area (Å²) >= 11 is 0. The average Bonchev–Trinajstić information content (AvgIpc) is 2.55. The number of carboxylic acids is 1. The van der Waals surface area contributed by atoms with E-state index < -0.39 is 5.97 Å². The van der Waals surface area contributed by atoms with Gasteiger partial charge in [0.05, 0.1) is 6.10 Å². The molecule has 0 radical (unpaired) electrons. The molecule has 0 unspecified atom stereocenters. The lowest BCUT2D eigenvalue weighted by Crippen LogP contribution is -2.15. The normalized spacial score (nSPS) is 13.6. The zero-order valence-corrected chi connectivity index (χ0v) is 15.8. The summed E-state index contributed by atoms with van der Waals surface area (Å²) in [5.74, 6) is -0.273. The highest BCUT2D eigenvalue weighted by Crippen LogP contribution is 2.21. The standard InChI is InChI=1S/C20H38O4/c1-3-5-8-14-18(21)15-11-13-17(19(22)4-2)12-9-6-7-10-16-20(23)24/h17-18,21H,3-16H2,1-2H3,(H,23,24)/t17-,18+/m0/s1. The van der Waals surface area contributed by atoms with Gasteiger partial charge in [0.1, 0.15) is 5.78 Å². The molecule has 0 amide bonds. The molecule has 0 saturated heterocycles. The molecule has 0 rings (SSSR count). The number of Topliss-reactive ketones (excluding diaryl/α,β-unsaturated/α-hetero) is 1. The van der Waals surface area contributed by atoms with E-state index in [2.05, 4.69) is 6.92 Å². The Labute approximate surface area is 148 Å². The van der Waals surface area contributed by atoms with E-state index in [1.807, 2.05) is 6.92 Å². The molecule has 0 aromatic rings. The molecule has 0 fully saturated rings. The van der Waals surface area contributed by atoms with Crippen LogP contribution in [0.15, 0.2) is 0 Å². The highest BCUT2D eigenvalue weighted by molar-refractivity contribution is 5.80. The third-order valence-electron chi connectivity index (χ3n) is 4.73. The number of hydrogen-bond acceptors (Lipinski definition) is 3. The van der Waals surface area contributed by atoms with E-state index in [-0.39, 0.29) is 18.4 Å². The van der Waals surface area contributed by atoms with Crippen LogP contribution in [0.25, 0.3) is 0 Å². The fourth-order valence-electron chi connectivity index (χ4n) is 3.15. The Hall–Kier alpha value is -0.900. The van der Waals surface area contributed by atoms with E-state index in [1.165, 1.54) is 12.8 Å². The number of carbonyl (C=O) groups excluding carboxylic acids is 1. The average molecular weight is 343 g/mol. The van der Waals surface area contributed by atoms with Crippen molar-refractivity contribution in [3.63, 3.8) is 0 Å². The van der Waals surface area contributed by atoms with Crippen molar-refractivity contribution in [1.82, 2.24) is 0 Å². The van der Waals surface area contributed by atoms with Gasteiger partial charge in [-0.25, -0.2) is 0 Å². The van der Waals surface area contributed by atoms with Gasteiger partial charge in [-0.2, -0.15) is 0 Å². The van der Waals surface area contributed by atoms with E-state index in [9.17, 15) is 14.7 Å². The van der Waals surface area contributed by atoms with Crippen molar-refractivity contribution in [3.8, 4) is 0 Å². The lowest BCUT2D eigenvalue weighted by Gasteiger charge is -2.16. The minimum atomic E-state index is -0.730. The first-order valence-corrected chi connectivity index (χ1v) is 9.93. The molecule has 4 heteroatoms. The maximum atomic E-state index is 12.1. The van der Waals surface area contributed by atoms with Crippen LogP contribution in [0.3, 0.4) is 0 Å². The van der Waals surface area contributed by atoms with E-state index in [0.717, 1.165) is 64.2 Å². The zero-order valence-electron chi connectivity index (χ0n) is 15.8. The largest absolute Gasteiger partial charge is 0.481 e. The SMILES string of the molecule is CCCCC[C@@H](O)CCC[C@H](CCCCCCC(=O)O)C(=O)CC. The molecule has 0 aromatic heterocycles. The van der Waals surface area contributed by atoms with Crippen molar-refractivity contribution in [2.24, 2.45) is 5.92 Å². The molecule has 0 spiro atoms. The molecular formula is C20H38O4. The van der Waals surface area contributed by atoms with Gasteiger partial charge in [-0.1, -0.05) is 58.8 Å². The first-order valence-electron chi connectivity index (χ1n) is 9.93. The van der Waals surface area contributed by atoms with Gasteiger partial charge < -0.3 is 10.2 Å². The fourth-order valence-corrected chi connectivity index (χ4v) is 3.15. The minimum Gasteiger partial charge on any atom is -0.481 e. The summed E-state index contributed by atoms with van der Waals surface area (Å²) in [4.78, 5) is 22.5. The van der Waals surface area contributed by atoms with E-state index in [0.29, 0.717) is 12.2 Å². The van der Waals surface area contributed by atoms with Crippen molar-refractivity contribution in [3.05, 3.63) is 0 Å². The maximum Gasteiger partial charge on any atom is 0.303 e. The molecular weight excluding hydrogens is 304 g/mol. The van der Waals surface area contributed by atoms with Gasteiger partial charge in [-0.05, 0) is 32.1 Å². The highest BCUT2D eigenvalue weighted by Gasteiger charge is 2.16. The van der Waals surface area contributed by atoms with Gasteiger partial charge in [0.25, 0.3) is 0 Å².